The maximum absolute atomic E-state index is 14.4. The lowest BCUT2D eigenvalue weighted by atomic mass is 10.0. The molecule has 172 valence electrons. The van der Waals surface area contributed by atoms with Gasteiger partial charge in [-0.15, -0.1) is 0 Å². The molecule has 1 atom stereocenters. The normalized spacial score (nSPS) is 17.5. The van der Waals surface area contributed by atoms with E-state index in [1.807, 2.05) is 6.07 Å². The van der Waals surface area contributed by atoms with E-state index in [1.54, 1.807) is 25.4 Å². The number of carbonyl (C=O) groups is 1. The summed E-state index contributed by atoms with van der Waals surface area (Å²) in [5, 5.41) is 18.8. The van der Waals surface area contributed by atoms with Gasteiger partial charge in [0.2, 0.25) is 0 Å². The van der Waals surface area contributed by atoms with Crippen molar-refractivity contribution in [1.82, 2.24) is 24.7 Å². The number of nitriles is 1. The van der Waals surface area contributed by atoms with Crippen LogP contribution in [0.15, 0.2) is 47.7 Å². The van der Waals surface area contributed by atoms with Crippen LogP contribution in [0.4, 0.5) is 13.6 Å². The number of urea groups is 1. The van der Waals surface area contributed by atoms with Crippen LogP contribution in [0.3, 0.4) is 0 Å². The van der Waals surface area contributed by atoms with E-state index in [1.165, 1.54) is 45.1 Å². The van der Waals surface area contributed by atoms with Gasteiger partial charge in [0.25, 0.3) is 5.88 Å². The Labute approximate surface area is 193 Å². The summed E-state index contributed by atoms with van der Waals surface area (Å²) in [6.45, 7) is 0.447. The van der Waals surface area contributed by atoms with Gasteiger partial charge in [-0.3, -0.25) is 4.68 Å². The lowest BCUT2D eigenvalue weighted by Gasteiger charge is -2.40. The van der Waals surface area contributed by atoms with Gasteiger partial charge in [-0.25, -0.2) is 23.6 Å². The van der Waals surface area contributed by atoms with E-state index in [2.05, 4.69) is 15.2 Å². The minimum Gasteiger partial charge on any atom is -0.468 e. The second-order valence-electron chi connectivity index (χ2n) is 8.00. The fourth-order valence-electron chi connectivity index (χ4n) is 4.02. The van der Waals surface area contributed by atoms with E-state index >= 15 is 0 Å². The quantitative estimate of drug-likeness (QED) is 0.592. The maximum Gasteiger partial charge on any atom is 0.341 e. The molecule has 11 heteroatoms. The average Bonchev–Trinajstić information content (AvgIpc) is 3.43. The number of carbonyl (C=O) groups excluding carboxylic acids is 1. The van der Waals surface area contributed by atoms with E-state index < -0.39 is 11.9 Å². The van der Waals surface area contributed by atoms with E-state index in [4.69, 9.17) is 4.74 Å². The van der Waals surface area contributed by atoms with Crippen LogP contribution in [0.25, 0.3) is 11.4 Å². The number of hydrazone groups is 1. The largest absolute Gasteiger partial charge is 0.468 e. The number of pyridine rings is 1. The highest BCUT2D eigenvalue weighted by atomic mass is 19.1. The molecule has 2 aromatic heterocycles. The van der Waals surface area contributed by atoms with Gasteiger partial charge in [0.15, 0.2) is 5.82 Å². The fourth-order valence-corrected chi connectivity index (χ4v) is 4.02. The first-order valence-electron chi connectivity index (χ1n) is 10.6. The molecule has 0 saturated carbocycles. The Morgan fingerprint density at radius 3 is 2.82 bits per heavy atom. The predicted octanol–water partition coefficient (Wildman–Crippen LogP) is 3.25. The van der Waals surface area contributed by atoms with Gasteiger partial charge in [-0.2, -0.15) is 15.5 Å². The second kappa shape index (κ2) is 8.55. The molecule has 4 heterocycles. The molecular weight excluding hydrogens is 444 g/mol. The van der Waals surface area contributed by atoms with Crippen molar-refractivity contribution in [2.75, 3.05) is 13.1 Å². The Hall–Kier alpha value is -4.33. The first-order chi connectivity index (χ1) is 16.4. The van der Waals surface area contributed by atoms with Crippen LogP contribution in [0, 0.1) is 23.0 Å². The van der Waals surface area contributed by atoms with Crippen molar-refractivity contribution in [2.45, 2.75) is 18.6 Å². The van der Waals surface area contributed by atoms with Crippen LogP contribution in [-0.4, -0.2) is 56.1 Å². The molecule has 1 saturated heterocycles. The average molecular weight is 463 g/mol. The highest BCUT2D eigenvalue weighted by molar-refractivity contribution is 5.79. The third kappa shape index (κ3) is 3.83. The molecule has 0 aliphatic carbocycles. The first-order valence-corrected chi connectivity index (χ1v) is 10.6. The zero-order valence-corrected chi connectivity index (χ0v) is 18.1. The third-order valence-corrected chi connectivity index (χ3v) is 5.77. The summed E-state index contributed by atoms with van der Waals surface area (Å²) in [7, 11) is 1.66. The molecular formula is C23H19F2N7O2. The molecule has 3 aromatic rings. The van der Waals surface area contributed by atoms with E-state index in [-0.39, 0.29) is 36.9 Å². The van der Waals surface area contributed by atoms with E-state index in [0.717, 1.165) is 0 Å². The number of halogens is 2. The van der Waals surface area contributed by atoms with Gasteiger partial charge in [0.1, 0.15) is 23.7 Å². The number of aryl methyl sites for hydroxylation is 1. The summed E-state index contributed by atoms with van der Waals surface area (Å²) in [5.41, 5.74) is 1.78. The number of aromatic nitrogens is 3. The van der Waals surface area contributed by atoms with Crippen LogP contribution in [-0.2, 0) is 7.05 Å². The molecule has 5 rings (SSSR count). The number of nitrogens with zero attached hydrogens (tertiary/aromatic N) is 7. The number of rotatable bonds is 4. The summed E-state index contributed by atoms with van der Waals surface area (Å²) in [4.78, 5) is 18.7. The van der Waals surface area contributed by atoms with Crippen molar-refractivity contribution < 1.29 is 18.3 Å². The van der Waals surface area contributed by atoms with Crippen molar-refractivity contribution in [3.8, 4) is 23.3 Å². The van der Waals surface area contributed by atoms with E-state index in [0.29, 0.717) is 28.9 Å². The first kappa shape index (κ1) is 21.5. The minimum absolute atomic E-state index is 0.212. The minimum atomic E-state index is -0.649. The van der Waals surface area contributed by atoms with Crippen molar-refractivity contribution in [3.63, 3.8) is 0 Å². The van der Waals surface area contributed by atoms with Crippen LogP contribution >= 0.6 is 0 Å². The predicted molar refractivity (Wildman–Crippen MR) is 117 cm³/mol. The number of hydrogen-bond acceptors (Lipinski definition) is 6. The highest BCUT2D eigenvalue weighted by Gasteiger charge is 2.39. The van der Waals surface area contributed by atoms with Gasteiger partial charge in [0.05, 0.1) is 36.6 Å². The molecule has 0 unspecified atom stereocenters. The number of ether oxygens (including phenoxy) is 1. The molecule has 2 aliphatic rings. The smallest absolute Gasteiger partial charge is 0.341 e. The van der Waals surface area contributed by atoms with Gasteiger partial charge in [-0.1, -0.05) is 12.1 Å². The van der Waals surface area contributed by atoms with Crippen molar-refractivity contribution >= 4 is 12.2 Å². The number of likely N-dealkylation sites (tertiary alicyclic amines) is 1. The molecule has 34 heavy (non-hydrogen) atoms. The van der Waals surface area contributed by atoms with Gasteiger partial charge in [0, 0.05) is 19.7 Å². The van der Waals surface area contributed by atoms with Gasteiger partial charge >= 0.3 is 6.03 Å². The number of amides is 2. The lowest BCUT2D eigenvalue weighted by molar-refractivity contribution is 0.0231. The standard InChI is InChI=1S/C23H19F2N7O2/c1-30-21(15(10-26)11-28-30)19-6-5-18(25)22(29-19)34-17-12-31(13-17)23(33)32-20(7-8-27-32)14-3-2-4-16(24)9-14/h2-6,8-9,11,17,20H,7,12-13H2,1H3/t20-/m0/s1. The third-order valence-electron chi connectivity index (χ3n) is 5.77. The molecule has 1 aromatic carbocycles. The topological polar surface area (TPSA) is 99.6 Å². The molecule has 1 fully saturated rings. The molecule has 0 N–H and O–H groups in total. The number of hydrogen-bond donors (Lipinski definition) is 0. The van der Waals surface area contributed by atoms with Crippen LogP contribution in [0.2, 0.25) is 0 Å². The van der Waals surface area contributed by atoms with Crippen LogP contribution in [0.1, 0.15) is 23.6 Å². The molecule has 2 amide bonds. The summed E-state index contributed by atoms with van der Waals surface area (Å²) >= 11 is 0. The highest BCUT2D eigenvalue weighted by Crippen LogP contribution is 2.31. The zero-order valence-electron chi connectivity index (χ0n) is 18.1. The Balaban J connectivity index is 1.25. The summed E-state index contributed by atoms with van der Waals surface area (Å²) in [6, 6.07) is 10.1. The van der Waals surface area contributed by atoms with Crippen molar-refractivity contribution in [1.29, 1.82) is 5.26 Å². The Morgan fingerprint density at radius 1 is 1.24 bits per heavy atom. The monoisotopic (exact) mass is 463 g/mol. The van der Waals surface area contributed by atoms with Crippen molar-refractivity contribution in [2.24, 2.45) is 12.1 Å². The Kier molecular flexibility index (Phi) is 5.41. The van der Waals surface area contributed by atoms with Crippen molar-refractivity contribution in [3.05, 3.63) is 65.4 Å². The molecule has 0 radical (unpaired) electrons. The van der Waals surface area contributed by atoms with Gasteiger partial charge in [-0.05, 0) is 29.8 Å². The summed E-state index contributed by atoms with van der Waals surface area (Å²) in [5.74, 6) is -1.24. The van der Waals surface area contributed by atoms with Crippen LogP contribution in [0.5, 0.6) is 5.88 Å². The summed E-state index contributed by atoms with van der Waals surface area (Å²) < 4.78 is 35.2. The van der Waals surface area contributed by atoms with Gasteiger partial charge < -0.3 is 9.64 Å². The molecule has 0 bridgehead atoms. The Bertz CT molecular complexity index is 1330. The van der Waals surface area contributed by atoms with Crippen LogP contribution < -0.4 is 4.74 Å². The SMILES string of the molecule is Cn1ncc(C#N)c1-c1ccc(F)c(OC2CN(C(=O)N3N=CC[C@H]3c3cccc(F)c3)C2)n1. The lowest BCUT2D eigenvalue weighted by Crippen LogP contribution is -2.59. The fraction of sp³-hybridized carbons (Fsp3) is 0.261. The summed E-state index contributed by atoms with van der Waals surface area (Å²) in [6.07, 6.45) is 3.07. The zero-order chi connectivity index (χ0) is 23.8. The Morgan fingerprint density at radius 2 is 2.06 bits per heavy atom. The number of benzene rings is 1. The van der Waals surface area contributed by atoms with E-state index in [9.17, 15) is 18.8 Å². The second-order valence-corrected chi connectivity index (χ2v) is 8.00. The molecule has 2 aliphatic heterocycles. The molecule has 9 nitrogen and oxygen atoms in total. The molecule has 0 spiro atoms. The maximum atomic E-state index is 14.4.